The van der Waals surface area contributed by atoms with Crippen molar-refractivity contribution in [2.24, 2.45) is 11.3 Å². The zero-order chi connectivity index (χ0) is 9.78. The van der Waals surface area contributed by atoms with Gasteiger partial charge in [-0.15, -0.1) is 11.6 Å². The van der Waals surface area contributed by atoms with Crippen molar-refractivity contribution in [3.63, 3.8) is 0 Å². The lowest BCUT2D eigenvalue weighted by Gasteiger charge is -2.19. The molecule has 2 nitrogen and oxygen atoms in total. The van der Waals surface area contributed by atoms with Crippen LogP contribution in [-0.2, 0) is 9.53 Å². The van der Waals surface area contributed by atoms with Gasteiger partial charge in [0, 0.05) is 5.88 Å². The molecule has 0 radical (unpaired) electrons. The SMILES string of the molecule is CC(C)COC(=O)C(C)(C)CCl. The fraction of sp³-hybridized carbons (Fsp3) is 0.889. The van der Waals surface area contributed by atoms with Crippen LogP contribution in [0.3, 0.4) is 0 Å². The predicted octanol–water partition coefficient (Wildman–Crippen LogP) is 2.45. The number of carbonyl (C=O) groups excluding carboxylic acids is 1. The molecule has 0 N–H and O–H groups in total. The van der Waals surface area contributed by atoms with Crippen LogP contribution in [0.2, 0.25) is 0 Å². The number of rotatable bonds is 4. The van der Waals surface area contributed by atoms with E-state index in [1.165, 1.54) is 0 Å². The van der Waals surface area contributed by atoms with Crippen molar-refractivity contribution < 1.29 is 9.53 Å². The molecule has 0 fully saturated rings. The van der Waals surface area contributed by atoms with E-state index < -0.39 is 5.41 Å². The third-order valence-electron chi connectivity index (χ3n) is 1.43. The Hall–Kier alpha value is -0.240. The van der Waals surface area contributed by atoms with Crippen LogP contribution in [0, 0.1) is 11.3 Å². The normalized spacial score (nSPS) is 11.8. The molecule has 72 valence electrons. The molecule has 0 saturated carbocycles. The summed E-state index contributed by atoms with van der Waals surface area (Å²) >= 11 is 5.60. The van der Waals surface area contributed by atoms with Crippen molar-refractivity contribution in [3.05, 3.63) is 0 Å². The van der Waals surface area contributed by atoms with E-state index in [2.05, 4.69) is 0 Å². The summed E-state index contributed by atoms with van der Waals surface area (Å²) in [6, 6.07) is 0. The highest BCUT2D eigenvalue weighted by Crippen LogP contribution is 2.19. The maximum absolute atomic E-state index is 11.3. The van der Waals surface area contributed by atoms with Gasteiger partial charge in [0.2, 0.25) is 0 Å². The fourth-order valence-corrected chi connectivity index (χ4v) is 0.601. The van der Waals surface area contributed by atoms with E-state index in [9.17, 15) is 4.79 Å². The maximum atomic E-state index is 11.3. The Bertz CT molecular complexity index is 153. The Balaban J connectivity index is 3.88. The van der Waals surface area contributed by atoms with Crippen LogP contribution in [0.4, 0.5) is 0 Å². The van der Waals surface area contributed by atoms with Crippen LogP contribution in [0.5, 0.6) is 0 Å². The summed E-state index contributed by atoms with van der Waals surface area (Å²) in [5.74, 6) is 0.454. The zero-order valence-electron chi connectivity index (χ0n) is 8.19. The molecule has 0 unspecified atom stereocenters. The summed E-state index contributed by atoms with van der Waals surface area (Å²) in [6.07, 6.45) is 0. The first-order valence-corrected chi connectivity index (χ1v) is 4.67. The van der Waals surface area contributed by atoms with Crippen molar-refractivity contribution in [1.29, 1.82) is 0 Å². The molecule has 0 aromatic carbocycles. The highest BCUT2D eigenvalue weighted by atomic mass is 35.5. The van der Waals surface area contributed by atoms with Gasteiger partial charge in [0.1, 0.15) is 0 Å². The van der Waals surface area contributed by atoms with E-state index >= 15 is 0 Å². The van der Waals surface area contributed by atoms with Crippen molar-refractivity contribution in [2.45, 2.75) is 27.7 Å². The molecule has 0 rings (SSSR count). The number of hydrogen-bond acceptors (Lipinski definition) is 2. The molecular weight excluding hydrogens is 176 g/mol. The maximum Gasteiger partial charge on any atom is 0.312 e. The van der Waals surface area contributed by atoms with Gasteiger partial charge in [-0.1, -0.05) is 13.8 Å². The molecule has 0 atom stereocenters. The van der Waals surface area contributed by atoms with Gasteiger partial charge in [-0.2, -0.15) is 0 Å². The molecule has 0 bridgehead atoms. The molecule has 0 saturated heterocycles. The Morgan fingerprint density at radius 1 is 1.50 bits per heavy atom. The van der Waals surface area contributed by atoms with E-state index in [-0.39, 0.29) is 5.97 Å². The van der Waals surface area contributed by atoms with E-state index in [4.69, 9.17) is 16.3 Å². The fourth-order valence-electron chi connectivity index (χ4n) is 0.492. The molecule has 0 aliphatic rings. The first-order valence-electron chi connectivity index (χ1n) is 4.13. The number of alkyl halides is 1. The lowest BCUT2D eigenvalue weighted by molar-refractivity contribution is -0.153. The number of hydrogen-bond donors (Lipinski definition) is 0. The van der Waals surface area contributed by atoms with E-state index in [1.54, 1.807) is 13.8 Å². The first-order chi connectivity index (χ1) is 5.40. The van der Waals surface area contributed by atoms with Gasteiger partial charge >= 0.3 is 5.97 Å². The molecular formula is C9H17ClO2. The minimum Gasteiger partial charge on any atom is -0.465 e. The lowest BCUT2D eigenvalue weighted by atomic mass is 9.97. The van der Waals surface area contributed by atoms with Gasteiger partial charge in [-0.25, -0.2) is 0 Å². The molecule has 0 aliphatic carbocycles. The van der Waals surface area contributed by atoms with Crippen LogP contribution < -0.4 is 0 Å². The number of halogens is 1. The van der Waals surface area contributed by atoms with Crippen molar-refractivity contribution >= 4 is 17.6 Å². The van der Waals surface area contributed by atoms with Gasteiger partial charge in [0.05, 0.1) is 12.0 Å². The monoisotopic (exact) mass is 192 g/mol. The van der Waals surface area contributed by atoms with E-state index in [0.29, 0.717) is 18.4 Å². The van der Waals surface area contributed by atoms with Crippen molar-refractivity contribution in [3.8, 4) is 0 Å². The highest BCUT2D eigenvalue weighted by Gasteiger charge is 2.28. The van der Waals surface area contributed by atoms with Crippen LogP contribution in [0.1, 0.15) is 27.7 Å². The molecule has 0 spiro atoms. The van der Waals surface area contributed by atoms with Gasteiger partial charge in [0.15, 0.2) is 0 Å². The van der Waals surface area contributed by atoms with Crippen LogP contribution >= 0.6 is 11.6 Å². The summed E-state index contributed by atoms with van der Waals surface area (Å²) < 4.78 is 5.04. The topological polar surface area (TPSA) is 26.3 Å². The standard InChI is InChI=1S/C9H17ClO2/c1-7(2)5-12-8(11)9(3,4)6-10/h7H,5-6H2,1-4H3. The summed E-state index contributed by atoms with van der Waals surface area (Å²) in [5.41, 5.74) is -0.559. The number of esters is 1. The van der Waals surface area contributed by atoms with E-state index in [0.717, 1.165) is 0 Å². The highest BCUT2D eigenvalue weighted by molar-refractivity contribution is 6.19. The molecule has 3 heteroatoms. The molecule has 0 heterocycles. The molecule has 12 heavy (non-hydrogen) atoms. The Morgan fingerprint density at radius 2 is 2.00 bits per heavy atom. The number of ether oxygens (including phenoxy) is 1. The second-order valence-electron chi connectivity index (χ2n) is 4.01. The smallest absolute Gasteiger partial charge is 0.312 e. The predicted molar refractivity (Wildman–Crippen MR) is 50.3 cm³/mol. The minimum absolute atomic E-state index is 0.216. The lowest BCUT2D eigenvalue weighted by Crippen LogP contribution is -2.29. The summed E-state index contributed by atoms with van der Waals surface area (Å²) in [4.78, 5) is 11.3. The number of carbonyl (C=O) groups is 1. The van der Waals surface area contributed by atoms with Gasteiger partial charge in [-0.05, 0) is 19.8 Å². The third-order valence-corrected chi connectivity index (χ3v) is 2.10. The average Bonchev–Trinajstić information content (AvgIpc) is 2.00. The Labute approximate surface area is 79.2 Å². The molecule has 0 amide bonds. The second-order valence-corrected chi connectivity index (χ2v) is 4.28. The second kappa shape index (κ2) is 4.70. The van der Waals surface area contributed by atoms with Gasteiger partial charge < -0.3 is 4.74 Å². The quantitative estimate of drug-likeness (QED) is 0.505. The van der Waals surface area contributed by atoms with Gasteiger partial charge in [-0.3, -0.25) is 4.79 Å². The molecule has 0 aromatic heterocycles. The molecule has 0 aliphatic heterocycles. The molecule has 0 aromatic rings. The summed E-state index contributed by atoms with van der Waals surface area (Å²) in [7, 11) is 0. The van der Waals surface area contributed by atoms with Crippen molar-refractivity contribution in [2.75, 3.05) is 12.5 Å². The zero-order valence-corrected chi connectivity index (χ0v) is 8.94. The largest absolute Gasteiger partial charge is 0.465 e. The summed E-state index contributed by atoms with van der Waals surface area (Å²) in [5, 5.41) is 0. The third kappa shape index (κ3) is 3.96. The van der Waals surface area contributed by atoms with Crippen molar-refractivity contribution in [1.82, 2.24) is 0 Å². The van der Waals surface area contributed by atoms with Crippen LogP contribution in [-0.4, -0.2) is 18.5 Å². The average molecular weight is 193 g/mol. The van der Waals surface area contributed by atoms with Gasteiger partial charge in [0.25, 0.3) is 0 Å². The van der Waals surface area contributed by atoms with Crippen LogP contribution in [0.15, 0.2) is 0 Å². The van der Waals surface area contributed by atoms with Crippen LogP contribution in [0.25, 0.3) is 0 Å². The van der Waals surface area contributed by atoms with E-state index in [1.807, 2.05) is 13.8 Å². The minimum atomic E-state index is -0.559. The Morgan fingerprint density at radius 3 is 2.33 bits per heavy atom. The first kappa shape index (κ1) is 11.8. The summed E-state index contributed by atoms with van der Waals surface area (Å²) in [6.45, 7) is 8.03. The Kier molecular flexibility index (Phi) is 4.61.